The smallest absolute Gasteiger partial charge is 0.410 e. The fourth-order valence-electron chi connectivity index (χ4n) is 2.40. The van der Waals surface area contributed by atoms with Crippen LogP contribution in [0, 0.1) is 10.1 Å². The van der Waals surface area contributed by atoms with Gasteiger partial charge in [0.05, 0.1) is 24.1 Å². The fourth-order valence-corrected chi connectivity index (χ4v) is 2.40. The first-order valence-electron chi connectivity index (χ1n) is 7.61. The van der Waals surface area contributed by atoms with E-state index in [1.54, 1.807) is 32.9 Å². The van der Waals surface area contributed by atoms with Gasteiger partial charge in [-0.25, -0.2) is 4.79 Å². The second kappa shape index (κ2) is 7.04. The Hall–Kier alpha value is -2.35. The third-order valence-corrected chi connectivity index (χ3v) is 3.49. The van der Waals surface area contributed by atoms with E-state index in [-0.39, 0.29) is 18.3 Å². The van der Waals surface area contributed by atoms with Crippen molar-refractivity contribution in [2.75, 3.05) is 20.2 Å². The molecule has 24 heavy (non-hydrogen) atoms. The number of hydrogen-bond acceptors (Lipinski definition) is 6. The van der Waals surface area contributed by atoms with Crippen LogP contribution in [0.3, 0.4) is 0 Å². The van der Waals surface area contributed by atoms with Crippen LogP contribution in [0.2, 0.25) is 0 Å². The summed E-state index contributed by atoms with van der Waals surface area (Å²) in [6, 6.07) is 5.93. The summed E-state index contributed by atoms with van der Waals surface area (Å²) in [7, 11) is 1.53. The second-order valence-corrected chi connectivity index (χ2v) is 6.57. The van der Waals surface area contributed by atoms with Gasteiger partial charge in [-0.2, -0.15) is 0 Å². The summed E-state index contributed by atoms with van der Waals surface area (Å²) in [6.45, 7) is 6.02. The number of ether oxygens (including phenoxy) is 3. The number of rotatable bonds is 4. The van der Waals surface area contributed by atoms with E-state index in [0.717, 1.165) is 0 Å². The highest BCUT2D eigenvalue weighted by Gasteiger charge is 2.39. The third kappa shape index (κ3) is 4.58. The lowest BCUT2D eigenvalue weighted by Gasteiger charge is -2.24. The summed E-state index contributed by atoms with van der Waals surface area (Å²) in [5, 5.41) is 10.8. The molecule has 8 nitrogen and oxygen atoms in total. The molecule has 2 atom stereocenters. The molecule has 2 rings (SSSR count). The van der Waals surface area contributed by atoms with Crippen LogP contribution in [0.5, 0.6) is 5.75 Å². The summed E-state index contributed by atoms with van der Waals surface area (Å²) in [6.07, 6.45) is -1.20. The van der Waals surface area contributed by atoms with Crippen molar-refractivity contribution in [3.05, 3.63) is 34.4 Å². The first-order valence-corrected chi connectivity index (χ1v) is 7.61. The van der Waals surface area contributed by atoms with Crippen molar-refractivity contribution in [3.8, 4) is 5.75 Å². The molecule has 0 saturated carbocycles. The topological polar surface area (TPSA) is 91.1 Å². The van der Waals surface area contributed by atoms with Crippen LogP contribution in [-0.4, -0.2) is 53.9 Å². The van der Waals surface area contributed by atoms with Crippen molar-refractivity contribution in [1.29, 1.82) is 0 Å². The minimum absolute atomic E-state index is 0.0523. The van der Waals surface area contributed by atoms with Crippen molar-refractivity contribution in [2.45, 2.75) is 38.6 Å². The monoisotopic (exact) mass is 338 g/mol. The number of non-ortho nitro benzene ring substituents is 1. The molecule has 0 spiro atoms. The number of amides is 1. The van der Waals surface area contributed by atoms with Crippen molar-refractivity contribution in [2.24, 2.45) is 0 Å². The van der Waals surface area contributed by atoms with Crippen molar-refractivity contribution >= 4 is 11.8 Å². The predicted octanol–water partition coefficient (Wildman–Crippen LogP) is 2.61. The van der Waals surface area contributed by atoms with Gasteiger partial charge in [-0.1, -0.05) is 6.07 Å². The average molecular weight is 338 g/mol. The van der Waals surface area contributed by atoms with E-state index in [4.69, 9.17) is 14.2 Å². The maximum atomic E-state index is 12.2. The number of benzene rings is 1. The number of nitrogens with zero attached hydrogens (tertiary/aromatic N) is 2. The molecular formula is C16H22N2O6. The molecule has 132 valence electrons. The van der Waals surface area contributed by atoms with Crippen LogP contribution >= 0.6 is 0 Å². The average Bonchev–Trinajstić information content (AvgIpc) is 2.89. The number of methoxy groups -OCH3 is 1. The molecule has 1 aliphatic heterocycles. The van der Waals surface area contributed by atoms with Gasteiger partial charge in [-0.3, -0.25) is 10.1 Å². The Morgan fingerprint density at radius 1 is 1.29 bits per heavy atom. The molecule has 8 heteroatoms. The first-order chi connectivity index (χ1) is 11.2. The molecule has 0 N–H and O–H groups in total. The van der Waals surface area contributed by atoms with Crippen LogP contribution in [0.1, 0.15) is 20.8 Å². The van der Waals surface area contributed by atoms with Gasteiger partial charge >= 0.3 is 6.09 Å². The minimum Gasteiger partial charge on any atom is -0.486 e. The summed E-state index contributed by atoms with van der Waals surface area (Å²) >= 11 is 0. The molecule has 1 aromatic carbocycles. The Balaban J connectivity index is 2.06. The molecule has 1 fully saturated rings. The molecule has 1 aromatic rings. The molecule has 0 unspecified atom stereocenters. The molecule has 1 saturated heterocycles. The molecule has 1 amide bonds. The van der Waals surface area contributed by atoms with Crippen LogP contribution in [0.15, 0.2) is 24.3 Å². The molecule has 1 aliphatic rings. The Bertz CT molecular complexity index is 613. The lowest BCUT2D eigenvalue weighted by atomic mass is 10.2. The quantitative estimate of drug-likeness (QED) is 0.619. The Kier molecular flexibility index (Phi) is 5.28. The molecule has 0 aliphatic carbocycles. The first kappa shape index (κ1) is 18.0. The zero-order chi connectivity index (χ0) is 17.9. The van der Waals surface area contributed by atoms with Crippen LogP contribution in [0.4, 0.5) is 10.5 Å². The number of carbonyl (C=O) groups is 1. The van der Waals surface area contributed by atoms with Crippen LogP contribution in [-0.2, 0) is 9.47 Å². The van der Waals surface area contributed by atoms with E-state index < -0.39 is 22.7 Å². The molecular weight excluding hydrogens is 316 g/mol. The van der Waals surface area contributed by atoms with Gasteiger partial charge in [0.25, 0.3) is 5.69 Å². The van der Waals surface area contributed by atoms with E-state index in [2.05, 4.69) is 0 Å². The number of nitro benzene ring substituents is 1. The lowest BCUT2D eigenvalue weighted by molar-refractivity contribution is -0.385. The summed E-state index contributed by atoms with van der Waals surface area (Å²) in [5.74, 6) is 0.363. The normalized spacial score (nSPS) is 20.8. The van der Waals surface area contributed by atoms with Gasteiger partial charge in [0, 0.05) is 13.2 Å². The number of carbonyl (C=O) groups excluding carboxylic acids is 1. The van der Waals surface area contributed by atoms with E-state index >= 15 is 0 Å². The maximum Gasteiger partial charge on any atom is 0.410 e. The van der Waals surface area contributed by atoms with Gasteiger partial charge < -0.3 is 19.1 Å². The van der Waals surface area contributed by atoms with Crippen LogP contribution in [0.25, 0.3) is 0 Å². The van der Waals surface area contributed by atoms with Gasteiger partial charge in [0.1, 0.15) is 23.6 Å². The highest BCUT2D eigenvalue weighted by molar-refractivity contribution is 5.68. The Morgan fingerprint density at radius 2 is 1.96 bits per heavy atom. The largest absolute Gasteiger partial charge is 0.486 e. The predicted molar refractivity (Wildman–Crippen MR) is 86.1 cm³/mol. The standard InChI is InChI=1S/C16H22N2O6/c1-16(2,3)24-15(19)17-9-13(22-4)14(10-17)23-12-7-5-6-11(8-12)18(20)21/h5-8,13-14H,9-10H2,1-4H3/t13-,14-/m1/s1. The lowest BCUT2D eigenvalue weighted by Crippen LogP contribution is -2.36. The maximum absolute atomic E-state index is 12.2. The Labute approximate surface area is 140 Å². The zero-order valence-corrected chi connectivity index (χ0v) is 14.2. The van der Waals surface area contributed by atoms with Crippen LogP contribution < -0.4 is 4.74 Å². The van der Waals surface area contributed by atoms with E-state index in [9.17, 15) is 14.9 Å². The van der Waals surface area contributed by atoms with Gasteiger partial charge in [0.15, 0.2) is 0 Å². The fraction of sp³-hybridized carbons (Fsp3) is 0.562. The number of nitro groups is 1. The van der Waals surface area contributed by atoms with E-state index in [1.807, 2.05) is 0 Å². The van der Waals surface area contributed by atoms with Gasteiger partial charge in [0.2, 0.25) is 0 Å². The van der Waals surface area contributed by atoms with Gasteiger partial charge in [-0.05, 0) is 26.8 Å². The number of hydrogen-bond donors (Lipinski definition) is 0. The van der Waals surface area contributed by atoms with E-state index in [1.165, 1.54) is 24.1 Å². The summed E-state index contributed by atoms with van der Waals surface area (Å²) < 4.78 is 16.5. The highest BCUT2D eigenvalue weighted by atomic mass is 16.6. The molecule has 0 aromatic heterocycles. The summed E-state index contributed by atoms with van der Waals surface area (Å²) in [5.41, 5.74) is -0.637. The van der Waals surface area contributed by atoms with E-state index in [0.29, 0.717) is 12.3 Å². The van der Waals surface area contributed by atoms with Gasteiger partial charge in [-0.15, -0.1) is 0 Å². The van der Waals surface area contributed by atoms with Crippen molar-refractivity contribution in [1.82, 2.24) is 4.90 Å². The molecule has 1 heterocycles. The second-order valence-electron chi connectivity index (χ2n) is 6.57. The molecule has 0 bridgehead atoms. The highest BCUT2D eigenvalue weighted by Crippen LogP contribution is 2.25. The molecule has 0 radical (unpaired) electrons. The third-order valence-electron chi connectivity index (χ3n) is 3.49. The Morgan fingerprint density at radius 3 is 2.54 bits per heavy atom. The summed E-state index contributed by atoms with van der Waals surface area (Å²) in [4.78, 5) is 24.0. The van der Waals surface area contributed by atoms with Crippen molar-refractivity contribution in [3.63, 3.8) is 0 Å². The number of likely N-dealkylation sites (tertiary alicyclic amines) is 1. The zero-order valence-electron chi connectivity index (χ0n) is 14.2. The van der Waals surface area contributed by atoms with Crippen molar-refractivity contribution < 1.29 is 23.9 Å². The SMILES string of the molecule is CO[C@@H]1CN(C(=O)OC(C)(C)C)C[C@H]1Oc1cccc([N+](=O)[O-])c1. The minimum atomic E-state index is -0.585.